The molecule has 1 N–H and O–H groups in total. The molecule has 28 heavy (non-hydrogen) atoms. The lowest BCUT2D eigenvalue weighted by Crippen LogP contribution is -2.37. The Kier molecular flexibility index (Phi) is 6.24. The molecule has 1 atom stereocenters. The van der Waals surface area contributed by atoms with Gasteiger partial charge in [0.1, 0.15) is 17.2 Å². The lowest BCUT2D eigenvalue weighted by atomic mass is 10.0. The Labute approximate surface area is 167 Å². The number of halogens is 1. The normalized spacial score (nSPS) is 12.5. The molecule has 0 saturated heterocycles. The Morgan fingerprint density at radius 3 is 2.61 bits per heavy atom. The maximum atomic E-state index is 13.2. The first kappa shape index (κ1) is 20.2. The number of benzene rings is 1. The van der Waals surface area contributed by atoms with E-state index in [-0.39, 0.29) is 29.9 Å². The number of aromatic nitrogens is 2. The van der Waals surface area contributed by atoms with Crippen LogP contribution in [0.2, 0.25) is 0 Å². The van der Waals surface area contributed by atoms with Gasteiger partial charge in [-0.2, -0.15) is 0 Å². The van der Waals surface area contributed by atoms with Crippen LogP contribution in [0.15, 0.2) is 40.8 Å². The molecule has 0 bridgehead atoms. The van der Waals surface area contributed by atoms with E-state index in [1.165, 1.54) is 34.4 Å². The van der Waals surface area contributed by atoms with E-state index in [1.807, 2.05) is 12.3 Å². The molecule has 3 rings (SSSR count). The van der Waals surface area contributed by atoms with Gasteiger partial charge in [0.2, 0.25) is 5.91 Å². The molecule has 0 spiro atoms. The number of nitrogens with one attached hydrogen (secondary N) is 1. The van der Waals surface area contributed by atoms with Crippen molar-refractivity contribution in [3.63, 3.8) is 0 Å². The summed E-state index contributed by atoms with van der Waals surface area (Å²) < 4.78 is 14.5. The monoisotopic (exact) mass is 401 g/mol. The molecule has 2 aromatic heterocycles. The molecule has 0 fully saturated rings. The van der Waals surface area contributed by atoms with Crippen LogP contribution in [0.4, 0.5) is 4.39 Å². The summed E-state index contributed by atoms with van der Waals surface area (Å²) in [5.41, 5.74) is 1.18. The molecule has 148 valence electrons. The van der Waals surface area contributed by atoms with Crippen molar-refractivity contribution in [2.45, 2.75) is 46.2 Å². The minimum atomic E-state index is -0.331. The quantitative estimate of drug-likeness (QED) is 0.645. The first-order chi connectivity index (χ1) is 13.3. The van der Waals surface area contributed by atoms with E-state index in [9.17, 15) is 14.0 Å². The van der Waals surface area contributed by atoms with Crippen LogP contribution in [0, 0.1) is 11.7 Å². The third-order valence-electron chi connectivity index (χ3n) is 4.61. The van der Waals surface area contributed by atoms with E-state index >= 15 is 0 Å². The van der Waals surface area contributed by atoms with E-state index in [0.29, 0.717) is 21.7 Å². The fourth-order valence-corrected chi connectivity index (χ4v) is 3.96. The SMILES string of the molecule is CC(C)CC[C@@H](C)NC(=O)Cn1cnc2scc(-c3ccc(F)cc3)c2c1=O. The molecule has 2 heterocycles. The Morgan fingerprint density at radius 2 is 1.93 bits per heavy atom. The highest BCUT2D eigenvalue weighted by Crippen LogP contribution is 2.30. The number of thiophene rings is 1. The van der Waals surface area contributed by atoms with Crippen LogP contribution >= 0.6 is 11.3 Å². The number of carbonyl (C=O) groups excluding carboxylic acids is 1. The summed E-state index contributed by atoms with van der Waals surface area (Å²) in [7, 11) is 0. The Morgan fingerprint density at radius 1 is 1.21 bits per heavy atom. The van der Waals surface area contributed by atoms with Crippen LogP contribution in [-0.2, 0) is 11.3 Å². The highest BCUT2D eigenvalue weighted by Gasteiger charge is 2.15. The van der Waals surface area contributed by atoms with Crippen molar-refractivity contribution in [2.24, 2.45) is 5.92 Å². The predicted octanol–water partition coefficient (Wildman–Crippen LogP) is 4.21. The van der Waals surface area contributed by atoms with Crippen LogP contribution in [0.25, 0.3) is 21.3 Å². The number of carbonyl (C=O) groups is 1. The Hall–Kier alpha value is -2.54. The number of hydrogen-bond acceptors (Lipinski definition) is 4. The van der Waals surface area contributed by atoms with E-state index in [4.69, 9.17) is 0 Å². The maximum absolute atomic E-state index is 13.2. The van der Waals surface area contributed by atoms with Crippen LogP contribution in [0.1, 0.15) is 33.6 Å². The molecule has 0 aliphatic carbocycles. The number of fused-ring (bicyclic) bond motifs is 1. The predicted molar refractivity (Wildman–Crippen MR) is 111 cm³/mol. The fourth-order valence-electron chi connectivity index (χ4n) is 3.05. The van der Waals surface area contributed by atoms with Crippen LogP contribution in [0.3, 0.4) is 0 Å². The van der Waals surface area contributed by atoms with Gasteiger partial charge in [0, 0.05) is 17.0 Å². The number of nitrogens with zero attached hydrogens (tertiary/aromatic N) is 2. The van der Waals surface area contributed by atoms with Gasteiger partial charge in [-0.05, 0) is 43.4 Å². The molecular weight excluding hydrogens is 377 g/mol. The first-order valence-electron chi connectivity index (χ1n) is 9.37. The lowest BCUT2D eigenvalue weighted by molar-refractivity contribution is -0.122. The van der Waals surface area contributed by atoms with Gasteiger partial charge in [0.05, 0.1) is 11.7 Å². The molecule has 1 aromatic carbocycles. The van der Waals surface area contributed by atoms with Crippen molar-refractivity contribution in [1.29, 1.82) is 0 Å². The lowest BCUT2D eigenvalue weighted by Gasteiger charge is -2.15. The summed E-state index contributed by atoms with van der Waals surface area (Å²) in [5, 5.41) is 5.24. The molecule has 0 aliphatic heterocycles. The van der Waals surface area contributed by atoms with E-state index in [1.54, 1.807) is 12.1 Å². The molecule has 7 heteroatoms. The zero-order valence-corrected chi connectivity index (χ0v) is 17.1. The maximum Gasteiger partial charge on any atom is 0.263 e. The zero-order valence-electron chi connectivity index (χ0n) is 16.2. The number of amides is 1. The summed E-state index contributed by atoms with van der Waals surface area (Å²) in [6.07, 6.45) is 3.34. The van der Waals surface area contributed by atoms with Gasteiger partial charge in [0.25, 0.3) is 5.56 Å². The van der Waals surface area contributed by atoms with Crippen molar-refractivity contribution < 1.29 is 9.18 Å². The second kappa shape index (κ2) is 8.65. The second-order valence-corrected chi connectivity index (χ2v) is 8.31. The third-order valence-corrected chi connectivity index (χ3v) is 5.50. The highest BCUT2D eigenvalue weighted by molar-refractivity contribution is 7.17. The van der Waals surface area contributed by atoms with Crippen LogP contribution < -0.4 is 10.9 Å². The molecule has 0 unspecified atom stereocenters. The fraction of sp³-hybridized carbons (Fsp3) is 0.381. The second-order valence-electron chi connectivity index (χ2n) is 7.45. The molecule has 5 nitrogen and oxygen atoms in total. The van der Waals surface area contributed by atoms with Gasteiger partial charge in [0.15, 0.2) is 0 Å². The average molecular weight is 402 g/mol. The molecule has 0 radical (unpaired) electrons. The smallest absolute Gasteiger partial charge is 0.263 e. The molecule has 0 saturated carbocycles. The van der Waals surface area contributed by atoms with Crippen molar-refractivity contribution >= 4 is 27.5 Å². The molecule has 1 amide bonds. The van der Waals surface area contributed by atoms with Gasteiger partial charge in [-0.15, -0.1) is 11.3 Å². The third kappa shape index (κ3) is 4.65. The van der Waals surface area contributed by atoms with Gasteiger partial charge in [-0.3, -0.25) is 14.2 Å². The summed E-state index contributed by atoms with van der Waals surface area (Å²) >= 11 is 1.36. The van der Waals surface area contributed by atoms with Crippen molar-refractivity contribution in [2.75, 3.05) is 0 Å². The van der Waals surface area contributed by atoms with Crippen molar-refractivity contribution in [1.82, 2.24) is 14.9 Å². The molecule has 3 aromatic rings. The van der Waals surface area contributed by atoms with E-state index in [2.05, 4.69) is 24.1 Å². The topological polar surface area (TPSA) is 64.0 Å². The van der Waals surface area contributed by atoms with Crippen molar-refractivity contribution in [3.05, 3.63) is 52.1 Å². The van der Waals surface area contributed by atoms with Gasteiger partial charge in [-0.25, -0.2) is 9.37 Å². The summed E-state index contributed by atoms with van der Waals surface area (Å²) in [6.45, 7) is 6.19. The van der Waals surface area contributed by atoms with Crippen molar-refractivity contribution in [3.8, 4) is 11.1 Å². The summed E-state index contributed by atoms with van der Waals surface area (Å²) in [6, 6.07) is 6.05. The zero-order chi connectivity index (χ0) is 20.3. The van der Waals surface area contributed by atoms with Crippen LogP contribution in [-0.4, -0.2) is 21.5 Å². The standard InChI is InChI=1S/C21H24FN3O2S/c1-13(2)4-5-14(3)24-18(26)10-25-12-23-20-19(21(25)27)17(11-28-20)15-6-8-16(22)9-7-15/h6-9,11-14H,4-5,10H2,1-3H3,(H,24,26)/t14-/m1/s1. The number of rotatable bonds is 7. The average Bonchev–Trinajstić information content (AvgIpc) is 3.08. The molecule has 0 aliphatic rings. The van der Waals surface area contributed by atoms with Gasteiger partial charge in [-0.1, -0.05) is 26.0 Å². The first-order valence-corrected chi connectivity index (χ1v) is 10.2. The summed E-state index contributed by atoms with van der Waals surface area (Å²) in [4.78, 5) is 30.2. The Balaban J connectivity index is 1.82. The van der Waals surface area contributed by atoms with Gasteiger partial charge >= 0.3 is 0 Å². The number of hydrogen-bond donors (Lipinski definition) is 1. The minimum Gasteiger partial charge on any atom is -0.352 e. The van der Waals surface area contributed by atoms with E-state index < -0.39 is 0 Å². The van der Waals surface area contributed by atoms with E-state index in [0.717, 1.165) is 18.4 Å². The molecular formula is C21H24FN3O2S. The minimum absolute atomic E-state index is 0.0539. The largest absolute Gasteiger partial charge is 0.352 e. The Bertz CT molecular complexity index is 1020. The highest BCUT2D eigenvalue weighted by atomic mass is 32.1. The summed E-state index contributed by atoms with van der Waals surface area (Å²) in [5.74, 6) is 0.0391. The van der Waals surface area contributed by atoms with Gasteiger partial charge < -0.3 is 5.32 Å². The van der Waals surface area contributed by atoms with Crippen LogP contribution in [0.5, 0.6) is 0 Å².